The molecule has 0 aromatic rings. The lowest BCUT2D eigenvalue weighted by atomic mass is 9.73. The number of likely N-dealkylation sites (tertiary alicyclic amines) is 1. The van der Waals surface area contributed by atoms with Gasteiger partial charge in [-0.25, -0.2) is 0 Å². The molecule has 2 aliphatic heterocycles. The summed E-state index contributed by atoms with van der Waals surface area (Å²) < 4.78 is 0. The van der Waals surface area contributed by atoms with E-state index in [4.69, 9.17) is 0 Å². The van der Waals surface area contributed by atoms with Crippen molar-refractivity contribution in [1.82, 2.24) is 10.2 Å². The zero-order valence-electron chi connectivity index (χ0n) is 10.7. The van der Waals surface area contributed by atoms with Crippen LogP contribution in [0, 0.1) is 10.8 Å². The molecule has 15 heavy (non-hydrogen) atoms. The Kier molecular flexibility index (Phi) is 3.44. The summed E-state index contributed by atoms with van der Waals surface area (Å²) in [6.07, 6.45) is 0. The molecule has 0 unspecified atom stereocenters. The summed E-state index contributed by atoms with van der Waals surface area (Å²) in [5.74, 6) is 0.296. The van der Waals surface area contributed by atoms with Crippen LogP contribution in [0.2, 0.25) is 0 Å². The third-order valence-corrected chi connectivity index (χ3v) is 2.98. The second-order valence-electron chi connectivity index (χ2n) is 5.51. The zero-order valence-corrected chi connectivity index (χ0v) is 10.7. The van der Waals surface area contributed by atoms with Gasteiger partial charge in [-0.3, -0.25) is 4.79 Å². The molecule has 0 aromatic heterocycles. The van der Waals surface area contributed by atoms with Crippen molar-refractivity contribution in [3.8, 4) is 0 Å². The van der Waals surface area contributed by atoms with Gasteiger partial charge in [0.05, 0.1) is 0 Å². The van der Waals surface area contributed by atoms with Gasteiger partial charge in [-0.05, 0) is 0 Å². The molecule has 2 saturated heterocycles. The second-order valence-corrected chi connectivity index (χ2v) is 5.51. The van der Waals surface area contributed by atoms with Crippen LogP contribution in [0.4, 0.5) is 0 Å². The Labute approximate surface area is 93.2 Å². The van der Waals surface area contributed by atoms with Gasteiger partial charge < -0.3 is 10.2 Å². The summed E-state index contributed by atoms with van der Waals surface area (Å²) >= 11 is 0. The predicted molar refractivity (Wildman–Crippen MR) is 62.7 cm³/mol. The molecule has 0 saturated carbocycles. The first-order valence-electron chi connectivity index (χ1n) is 5.93. The first-order chi connectivity index (χ1) is 6.93. The normalized spacial score (nSPS) is 22.3. The van der Waals surface area contributed by atoms with E-state index in [2.05, 4.69) is 5.32 Å². The van der Waals surface area contributed by atoms with Crippen LogP contribution in [0.25, 0.3) is 0 Å². The van der Waals surface area contributed by atoms with Crippen molar-refractivity contribution in [2.75, 3.05) is 26.2 Å². The third kappa shape index (κ3) is 2.33. The lowest BCUT2D eigenvalue weighted by Crippen LogP contribution is -2.72. The molecule has 1 spiro atoms. The molecule has 0 bridgehead atoms. The summed E-state index contributed by atoms with van der Waals surface area (Å²) in [7, 11) is 0. The number of hydrogen-bond donors (Lipinski definition) is 1. The molecule has 2 fully saturated rings. The van der Waals surface area contributed by atoms with Crippen molar-refractivity contribution >= 4 is 5.91 Å². The number of carbonyl (C=O) groups is 1. The lowest BCUT2D eigenvalue weighted by molar-refractivity contribution is -0.155. The topological polar surface area (TPSA) is 32.3 Å². The van der Waals surface area contributed by atoms with Crippen molar-refractivity contribution in [3.63, 3.8) is 0 Å². The van der Waals surface area contributed by atoms with Crippen LogP contribution in [0.3, 0.4) is 0 Å². The number of hydrogen-bond acceptors (Lipinski definition) is 2. The lowest BCUT2D eigenvalue weighted by Gasteiger charge is -2.57. The van der Waals surface area contributed by atoms with Gasteiger partial charge in [0.2, 0.25) is 5.91 Å². The first-order valence-corrected chi connectivity index (χ1v) is 5.93. The van der Waals surface area contributed by atoms with Gasteiger partial charge in [-0.1, -0.05) is 34.6 Å². The molecule has 1 amide bonds. The Hall–Kier alpha value is -0.570. The van der Waals surface area contributed by atoms with Crippen LogP contribution in [0.15, 0.2) is 0 Å². The van der Waals surface area contributed by atoms with Gasteiger partial charge in [0.25, 0.3) is 0 Å². The van der Waals surface area contributed by atoms with E-state index in [1.54, 1.807) is 0 Å². The van der Waals surface area contributed by atoms with E-state index < -0.39 is 0 Å². The van der Waals surface area contributed by atoms with Crippen LogP contribution in [0.1, 0.15) is 34.6 Å². The highest BCUT2D eigenvalue weighted by Crippen LogP contribution is 2.36. The number of carbonyl (C=O) groups excluding carboxylic acids is 1. The van der Waals surface area contributed by atoms with Gasteiger partial charge in [0.1, 0.15) is 0 Å². The molecule has 0 aromatic carbocycles. The Balaban J connectivity index is 0.000000531. The van der Waals surface area contributed by atoms with E-state index in [0.717, 1.165) is 26.2 Å². The zero-order chi connectivity index (χ0) is 11.7. The molecule has 0 atom stereocenters. The van der Waals surface area contributed by atoms with Gasteiger partial charge >= 0.3 is 0 Å². The van der Waals surface area contributed by atoms with Crippen molar-refractivity contribution in [2.45, 2.75) is 34.6 Å². The second kappa shape index (κ2) is 4.12. The fraction of sp³-hybridized carbons (Fsp3) is 0.917. The average Bonchev–Trinajstić information content (AvgIpc) is 2.01. The Morgan fingerprint density at radius 1 is 1.20 bits per heavy atom. The molecule has 0 aliphatic carbocycles. The van der Waals surface area contributed by atoms with Gasteiger partial charge in [0.15, 0.2) is 0 Å². The maximum atomic E-state index is 11.8. The van der Waals surface area contributed by atoms with E-state index in [-0.39, 0.29) is 5.41 Å². The Morgan fingerprint density at radius 2 is 1.67 bits per heavy atom. The minimum absolute atomic E-state index is 0.210. The monoisotopic (exact) mass is 212 g/mol. The number of amides is 1. The quantitative estimate of drug-likeness (QED) is 0.660. The van der Waals surface area contributed by atoms with Gasteiger partial charge in [-0.15, -0.1) is 0 Å². The predicted octanol–water partition coefficient (Wildman–Crippen LogP) is 1.49. The van der Waals surface area contributed by atoms with Crippen LogP contribution in [-0.4, -0.2) is 37.0 Å². The van der Waals surface area contributed by atoms with E-state index in [1.165, 1.54) is 0 Å². The van der Waals surface area contributed by atoms with Crippen molar-refractivity contribution in [3.05, 3.63) is 0 Å². The fourth-order valence-electron chi connectivity index (χ4n) is 2.08. The van der Waals surface area contributed by atoms with Crippen molar-refractivity contribution in [1.29, 1.82) is 0 Å². The highest BCUT2D eigenvalue weighted by molar-refractivity contribution is 5.82. The van der Waals surface area contributed by atoms with E-state index >= 15 is 0 Å². The van der Waals surface area contributed by atoms with Gasteiger partial charge in [-0.2, -0.15) is 0 Å². The fourth-order valence-corrected chi connectivity index (χ4v) is 2.08. The largest absolute Gasteiger partial charge is 0.341 e. The van der Waals surface area contributed by atoms with Crippen molar-refractivity contribution < 1.29 is 4.79 Å². The number of rotatable bonds is 0. The van der Waals surface area contributed by atoms with Crippen LogP contribution in [-0.2, 0) is 4.79 Å². The van der Waals surface area contributed by atoms with Crippen molar-refractivity contribution in [2.24, 2.45) is 10.8 Å². The SMILES string of the molecule is CC.CC(C)(C)C(=O)N1CC2(CNC2)C1. The molecule has 3 nitrogen and oxygen atoms in total. The summed E-state index contributed by atoms with van der Waals surface area (Å²) in [6.45, 7) is 14.1. The molecule has 0 radical (unpaired) electrons. The maximum Gasteiger partial charge on any atom is 0.227 e. The average molecular weight is 212 g/mol. The van der Waals surface area contributed by atoms with E-state index in [9.17, 15) is 4.79 Å². The van der Waals surface area contributed by atoms with E-state index in [0.29, 0.717) is 11.3 Å². The molecule has 88 valence electrons. The van der Waals surface area contributed by atoms with E-state index in [1.807, 2.05) is 39.5 Å². The Morgan fingerprint density at radius 3 is 1.93 bits per heavy atom. The molecule has 1 N–H and O–H groups in total. The summed E-state index contributed by atoms with van der Waals surface area (Å²) in [6, 6.07) is 0. The van der Waals surface area contributed by atoms with Crippen LogP contribution >= 0.6 is 0 Å². The summed E-state index contributed by atoms with van der Waals surface area (Å²) in [4.78, 5) is 13.8. The minimum atomic E-state index is -0.210. The summed E-state index contributed by atoms with van der Waals surface area (Å²) in [5, 5.41) is 3.26. The molecule has 2 heterocycles. The number of nitrogens with zero attached hydrogens (tertiary/aromatic N) is 1. The number of nitrogens with one attached hydrogen (secondary N) is 1. The Bertz CT molecular complexity index is 230. The molecule has 2 rings (SSSR count). The third-order valence-electron chi connectivity index (χ3n) is 2.98. The summed E-state index contributed by atoms with van der Waals surface area (Å²) in [5.41, 5.74) is 0.250. The smallest absolute Gasteiger partial charge is 0.227 e. The van der Waals surface area contributed by atoms with Gasteiger partial charge in [0, 0.05) is 37.0 Å². The van der Waals surface area contributed by atoms with Crippen LogP contribution < -0.4 is 5.32 Å². The molecular formula is C12H24N2O. The molecular weight excluding hydrogens is 188 g/mol. The van der Waals surface area contributed by atoms with Crippen LogP contribution in [0.5, 0.6) is 0 Å². The highest BCUT2D eigenvalue weighted by atomic mass is 16.2. The standard InChI is InChI=1S/C10H18N2O.C2H6/c1-9(2,3)8(13)12-6-10(7-12)4-11-5-10;1-2/h11H,4-7H2,1-3H3;1-2H3. The minimum Gasteiger partial charge on any atom is -0.341 e. The molecule has 3 heteroatoms. The molecule has 2 aliphatic rings. The first kappa shape index (κ1) is 12.5. The maximum absolute atomic E-state index is 11.8. The highest BCUT2D eigenvalue weighted by Gasteiger charge is 2.50.